The topological polar surface area (TPSA) is 15.3 Å². The molecule has 1 aromatic rings. The van der Waals surface area contributed by atoms with Crippen LogP contribution >= 0.6 is 0 Å². The third kappa shape index (κ3) is 2.11. The summed E-state index contributed by atoms with van der Waals surface area (Å²) in [4.78, 5) is 2.04. The molecule has 2 rings (SSSR count). The molecule has 0 saturated carbocycles. The highest BCUT2D eigenvalue weighted by molar-refractivity contribution is 5.81. The number of nitrogens with one attached hydrogen (secondary N) is 1. The van der Waals surface area contributed by atoms with Crippen LogP contribution in [0.4, 0.5) is 0 Å². The molecule has 0 bridgehead atoms. The highest BCUT2D eigenvalue weighted by Crippen LogP contribution is 2.30. The van der Waals surface area contributed by atoms with E-state index in [0.717, 1.165) is 11.4 Å². The van der Waals surface area contributed by atoms with Crippen molar-refractivity contribution >= 4 is 11.4 Å². The summed E-state index contributed by atoms with van der Waals surface area (Å²) in [5.41, 5.74) is 4.59. The summed E-state index contributed by atoms with van der Waals surface area (Å²) in [5.74, 6) is 0. The third-order valence-electron chi connectivity index (χ3n) is 2.55. The first-order chi connectivity index (χ1) is 7.74. The predicted octanol–water partition coefficient (Wildman–Crippen LogP) is 3.15. The Hall–Kier alpha value is -1.70. The van der Waals surface area contributed by atoms with Gasteiger partial charge in [-0.15, -0.1) is 0 Å². The van der Waals surface area contributed by atoms with Crippen LogP contribution in [0, 0.1) is 0 Å². The average molecular weight is 216 g/mol. The summed E-state index contributed by atoms with van der Waals surface area (Å²) in [5, 5.41) is 3.19. The molecule has 0 fully saturated rings. The van der Waals surface area contributed by atoms with Crippen LogP contribution in [-0.4, -0.2) is 19.0 Å². The second-order valence-electron chi connectivity index (χ2n) is 3.40. The van der Waals surface area contributed by atoms with E-state index in [1.54, 1.807) is 0 Å². The van der Waals surface area contributed by atoms with Crippen molar-refractivity contribution in [1.82, 2.24) is 10.2 Å². The van der Waals surface area contributed by atoms with Crippen molar-refractivity contribution in [2.75, 3.05) is 14.1 Å². The standard InChI is InChI=1S/C12H14N2.C2H6/c1-9-10-6-4-5-7-11(10)12(13-2)8-14(9)3;1-2/h4-8,13H,1H2,2-3H3;1-2H3. The summed E-state index contributed by atoms with van der Waals surface area (Å²) < 4.78 is 0. The molecule has 1 aliphatic rings. The van der Waals surface area contributed by atoms with Gasteiger partial charge in [-0.25, -0.2) is 0 Å². The monoisotopic (exact) mass is 216 g/mol. The Kier molecular flexibility index (Phi) is 4.18. The van der Waals surface area contributed by atoms with E-state index < -0.39 is 0 Å². The molecule has 1 aliphatic heterocycles. The first kappa shape index (κ1) is 12.4. The zero-order valence-corrected chi connectivity index (χ0v) is 10.5. The number of fused-ring (bicyclic) bond motifs is 1. The normalized spacial score (nSPS) is 13.4. The molecule has 0 saturated heterocycles. The minimum Gasteiger partial charge on any atom is -0.386 e. The fraction of sp³-hybridized carbons (Fsp3) is 0.286. The van der Waals surface area contributed by atoms with Gasteiger partial charge in [-0.05, 0) is 0 Å². The van der Waals surface area contributed by atoms with E-state index in [1.807, 2.05) is 45.0 Å². The highest BCUT2D eigenvalue weighted by Gasteiger charge is 2.16. The highest BCUT2D eigenvalue weighted by atomic mass is 15.1. The van der Waals surface area contributed by atoms with Crippen molar-refractivity contribution in [3.8, 4) is 0 Å². The van der Waals surface area contributed by atoms with Crippen LogP contribution in [0.3, 0.4) is 0 Å². The average Bonchev–Trinajstić information content (AvgIpc) is 2.36. The quantitative estimate of drug-likeness (QED) is 0.775. The molecule has 0 aromatic heterocycles. The second kappa shape index (κ2) is 5.40. The van der Waals surface area contributed by atoms with Crippen molar-refractivity contribution in [1.29, 1.82) is 0 Å². The molecule has 0 radical (unpaired) electrons. The zero-order valence-electron chi connectivity index (χ0n) is 10.5. The van der Waals surface area contributed by atoms with Crippen LogP contribution in [0.15, 0.2) is 37.0 Å². The number of benzene rings is 1. The molecular weight excluding hydrogens is 196 g/mol. The van der Waals surface area contributed by atoms with Crippen molar-refractivity contribution in [2.24, 2.45) is 0 Å². The van der Waals surface area contributed by atoms with Gasteiger partial charge in [-0.3, -0.25) is 0 Å². The summed E-state index contributed by atoms with van der Waals surface area (Å²) in [7, 11) is 3.94. The molecule has 0 amide bonds. The van der Waals surface area contributed by atoms with E-state index in [4.69, 9.17) is 0 Å². The van der Waals surface area contributed by atoms with Crippen molar-refractivity contribution in [2.45, 2.75) is 13.8 Å². The lowest BCUT2D eigenvalue weighted by molar-refractivity contribution is 0.648. The van der Waals surface area contributed by atoms with Gasteiger partial charge in [0.25, 0.3) is 0 Å². The van der Waals surface area contributed by atoms with Gasteiger partial charge in [0.2, 0.25) is 0 Å². The Labute approximate surface area is 98.3 Å². The third-order valence-corrected chi connectivity index (χ3v) is 2.55. The maximum atomic E-state index is 4.06. The molecule has 0 spiro atoms. The van der Waals surface area contributed by atoms with Crippen molar-refractivity contribution in [3.63, 3.8) is 0 Å². The van der Waals surface area contributed by atoms with Gasteiger partial charge in [-0.1, -0.05) is 44.7 Å². The largest absolute Gasteiger partial charge is 0.386 e. The molecule has 0 unspecified atom stereocenters. The number of rotatable bonds is 1. The van der Waals surface area contributed by atoms with E-state index >= 15 is 0 Å². The first-order valence-corrected chi connectivity index (χ1v) is 5.65. The molecular formula is C14H20N2. The Balaban J connectivity index is 0.000000606. The van der Waals surface area contributed by atoms with E-state index in [2.05, 4.69) is 30.2 Å². The Morgan fingerprint density at radius 3 is 2.25 bits per heavy atom. The van der Waals surface area contributed by atoms with Crippen LogP contribution < -0.4 is 5.32 Å². The number of nitrogens with zero attached hydrogens (tertiary/aromatic N) is 1. The molecule has 1 N–H and O–H groups in total. The van der Waals surface area contributed by atoms with Gasteiger partial charge < -0.3 is 10.2 Å². The zero-order chi connectivity index (χ0) is 12.1. The fourth-order valence-corrected chi connectivity index (χ4v) is 1.70. The molecule has 16 heavy (non-hydrogen) atoms. The van der Waals surface area contributed by atoms with E-state index in [0.29, 0.717) is 0 Å². The lowest BCUT2D eigenvalue weighted by Crippen LogP contribution is -2.20. The van der Waals surface area contributed by atoms with Gasteiger partial charge in [0.15, 0.2) is 0 Å². The van der Waals surface area contributed by atoms with Gasteiger partial charge in [-0.2, -0.15) is 0 Å². The molecule has 2 heteroatoms. The van der Waals surface area contributed by atoms with E-state index in [-0.39, 0.29) is 0 Å². The Morgan fingerprint density at radius 2 is 1.69 bits per heavy atom. The molecule has 2 nitrogen and oxygen atoms in total. The van der Waals surface area contributed by atoms with Crippen LogP contribution in [0.2, 0.25) is 0 Å². The summed E-state index contributed by atoms with van der Waals surface area (Å²) in [6, 6.07) is 8.29. The summed E-state index contributed by atoms with van der Waals surface area (Å²) in [6.07, 6.45) is 2.06. The lowest BCUT2D eigenvalue weighted by atomic mass is 9.99. The maximum Gasteiger partial charge on any atom is 0.0583 e. The van der Waals surface area contributed by atoms with Crippen LogP contribution in [0.5, 0.6) is 0 Å². The lowest BCUT2D eigenvalue weighted by Gasteiger charge is -2.27. The molecule has 0 aliphatic carbocycles. The fourth-order valence-electron chi connectivity index (χ4n) is 1.70. The maximum absolute atomic E-state index is 4.06. The number of hydrogen-bond donors (Lipinski definition) is 1. The molecule has 86 valence electrons. The second-order valence-corrected chi connectivity index (χ2v) is 3.40. The predicted molar refractivity (Wildman–Crippen MR) is 71.6 cm³/mol. The van der Waals surface area contributed by atoms with E-state index in [9.17, 15) is 0 Å². The minimum atomic E-state index is 1.04. The molecule has 1 aromatic carbocycles. The molecule has 1 heterocycles. The van der Waals surface area contributed by atoms with Crippen LogP contribution in [-0.2, 0) is 0 Å². The van der Waals surface area contributed by atoms with Crippen molar-refractivity contribution in [3.05, 3.63) is 48.2 Å². The summed E-state index contributed by atoms with van der Waals surface area (Å²) in [6.45, 7) is 8.06. The SMILES string of the molecule is C=C1c2ccccc2C(NC)=CN1C.CC. The summed E-state index contributed by atoms with van der Waals surface area (Å²) >= 11 is 0. The van der Waals surface area contributed by atoms with Crippen LogP contribution in [0.25, 0.3) is 11.4 Å². The number of hydrogen-bond acceptors (Lipinski definition) is 2. The minimum absolute atomic E-state index is 1.04. The van der Waals surface area contributed by atoms with Crippen LogP contribution in [0.1, 0.15) is 25.0 Å². The van der Waals surface area contributed by atoms with Gasteiger partial charge >= 0.3 is 0 Å². The van der Waals surface area contributed by atoms with E-state index in [1.165, 1.54) is 11.1 Å². The van der Waals surface area contributed by atoms with Gasteiger partial charge in [0.1, 0.15) is 0 Å². The van der Waals surface area contributed by atoms with Crippen molar-refractivity contribution < 1.29 is 0 Å². The Bertz CT molecular complexity index is 405. The van der Waals surface area contributed by atoms with Gasteiger partial charge in [0.05, 0.1) is 5.70 Å². The first-order valence-electron chi connectivity index (χ1n) is 5.65. The smallest absolute Gasteiger partial charge is 0.0583 e. The Morgan fingerprint density at radius 1 is 1.12 bits per heavy atom. The van der Waals surface area contributed by atoms with Gasteiger partial charge in [0, 0.05) is 37.1 Å². The molecule has 0 atom stereocenters.